The lowest BCUT2D eigenvalue weighted by molar-refractivity contribution is -0.114. The van der Waals surface area contributed by atoms with E-state index in [0.717, 1.165) is 0 Å². The zero-order valence-electron chi connectivity index (χ0n) is 7.29. The van der Waals surface area contributed by atoms with E-state index in [1.165, 1.54) is 6.92 Å². The number of benzene rings is 1. The first-order valence-electron chi connectivity index (χ1n) is 3.82. The number of para-hydroxylation sites is 1. The number of nitrogens with two attached hydrogens (primary N) is 1. The summed E-state index contributed by atoms with van der Waals surface area (Å²) in [6, 6.07) is 6.94. The molecule has 1 amide bonds. The van der Waals surface area contributed by atoms with Gasteiger partial charge in [-0.25, -0.2) is 0 Å². The van der Waals surface area contributed by atoms with Crippen LogP contribution in [-0.4, -0.2) is 11.7 Å². The Balaban J connectivity index is 3.04. The number of anilines is 1. The molecule has 68 valence electrons. The Morgan fingerprint density at radius 1 is 1.46 bits per heavy atom. The van der Waals surface area contributed by atoms with Crippen molar-refractivity contribution in [3.63, 3.8) is 0 Å². The van der Waals surface area contributed by atoms with Gasteiger partial charge >= 0.3 is 0 Å². The molecule has 0 aromatic heterocycles. The number of nitrogen functional groups attached to an aromatic ring is 1. The van der Waals surface area contributed by atoms with Crippen LogP contribution in [0.1, 0.15) is 12.5 Å². The summed E-state index contributed by atoms with van der Waals surface area (Å²) >= 11 is 0. The van der Waals surface area contributed by atoms with Crippen molar-refractivity contribution in [1.29, 1.82) is 5.41 Å². The first-order valence-corrected chi connectivity index (χ1v) is 3.82. The molecule has 1 aromatic carbocycles. The smallest absolute Gasteiger partial charge is 0.221 e. The molecule has 0 aliphatic rings. The Kier molecular flexibility index (Phi) is 2.64. The van der Waals surface area contributed by atoms with Crippen LogP contribution in [-0.2, 0) is 4.79 Å². The van der Waals surface area contributed by atoms with Gasteiger partial charge in [-0.2, -0.15) is 0 Å². The van der Waals surface area contributed by atoms with Crippen LogP contribution in [0.5, 0.6) is 0 Å². The van der Waals surface area contributed by atoms with Gasteiger partial charge in [-0.15, -0.1) is 0 Å². The van der Waals surface area contributed by atoms with E-state index in [-0.39, 0.29) is 11.7 Å². The molecule has 0 bridgehead atoms. The van der Waals surface area contributed by atoms with E-state index in [1.807, 2.05) is 0 Å². The maximum absolute atomic E-state index is 10.8. The lowest BCUT2D eigenvalue weighted by atomic mass is 10.1. The summed E-state index contributed by atoms with van der Waals surface area (Å²) in [7, 11) is 0. The van der Waals surface area contributed by atoms with Gasteiger partial charge in [0.2, 0.25) is 5.91 Å². The monoisotopic (exact) mass is 177 g/mol. The standard InChI is InChI=1S/C9H11N3O/c1-6(13)12-8-5-3-2-4-7(8)9(10)11/h2-5H,1H3,(H3,10,11)(H,12,13). The van der Waals surface area contributed by atoms with Gasteiger partial charge in [0.25, 0.3) is 0 Å². The fourth-order valence-corrected chi connectivity index (χ4v) is 1.02. The summed E-state index contributed by atoms with van der Waals surface area (Å²) in [5, 5.41) is 9.84. The molecule has 0 atom stereocenters. The van der Waals surface area contributed by atoms with E-state index in [4.69, 9.17) is 11.1 Å². The molecular formula is C9H11N3O. The second-order valence-electron chi connectivity index (χ2n) is 2.64. The fourth-order valence-electron chi connectivity index (χ4n) is 1.02. The van der Waals surface area contributed by atoms with Crippen molar-refractivity contribution in [2.45, 2.75) is 6.92 Å². The van der Waals surface area contributed by atoms with Gasteiger partial charge in [0.15, 0.2) is 0 Å². The normalized spacial score (nSPS) is 9.31. The van der Waals surface area contributed by atoms with Crippen molar-refractivity contribution in [2.75, 3.05) is 5.32 Å². The molecule has 1 aromatic rings. The fraction of sp³-hybridized carbons (Fsp3) is 0.111. The summed E-state index contributed by atoms with van der Waals surface area (Å²) in [6.07, 6.45) is 0. The first-order chi connectivity index (χ1) is 6.11. The Morgan fingerprint density at radius 3 is 2.62 bits per heavy atom. The molecule has 4 N–H and O–H groups in total. The number of rotatable bonds is 2. The lowest BCUT2D eigenvalue weighted by Gasteiger charge is -2.07. The molecule has 0 heterocycles. The largest absolute Gasteiger partial charge is 0.384 e. The number of hydrogen-bond donors (Lipinski definition) is 3. The minimum Gasteiger partial charge on any atom is -0.384 e. The van der Waals surface area contributed by atoms with Crippen LogP contribution >= 0.6 is 0 Å². The predicted octanol–water partition coefficient (Wildman–Crippen LogP) is 0.929. The first kappa shape index (κ1) is 9.25. The highest BCUT2D eigenvalue weighted by Gasteiger charge is 2.04. The van der Waals surface area contributed by atoms with Gasteiger partial charge in [-0.3, -0.25) is 10.2 Å². The Bertz CT molecular complexity index is 346. The molecule has 0 aliphatic heterocycles. The average molecular weight is 177 g/mol. The highest BCUT2D eigenvalue weighted by Crippen LogP contribution is 2.13. The molecular weight excluding hydrogens is 166 g/mol. The van der Waals surface area contributed by atoms with Gasteiger partial charge in [-0.1, -0.05) is 12.1 Å². The van der Waals surface area contributed by atoms with E-state index in [9.17, 15) is 4.79 Å². The summed E-state index contributed by atoms with van der Waals surface area (Å²) < 4.78 is 0. The van der Waals surface area contributed by atoms with E-state index >= 15 is 0 Å². The molecule has 1 rings (SSSR count). The van der Waals surface area contributed by atoms with E-state index in [1.54, 1.807) is 24.3 Å². The summed E-state index contributed by atoms with van der Waals surface area (Å²) in [6.45, 7) is 1.41. The predicted molar refractivity (Wildman–Crippen MR) is 51.8 cm³/mol. The third kappa shape index (κ3) is 2.30. The Morgan fingerprint density at radius 2 is 2.08 bits per heavy atom. The topological polar surface area (TPSA) is 79.0 Å². The molecule has 0 fully saturated rings. The maximum atomic E-state index is 10.8. The minimum atomic E-state index is -0.172. The second-order valence-corrected chi connectivity index (χ2v) is 2.64. The van der Waals surface area contributed by atoms with Crippen LogP contribution in [0.15, 0.2) is 24.3 Å². The Labute approximate surface area is 76.3 Å². The van der Waals surface area contributed by atoms with Crippen molar-refractivity contribution in [3.8, 4) is 0 Å². The highest BCUT2D eigenvalue weighted by atomic mass is 16.1. The van der Waals surface area contributed by atoms with Crippen molar-refractivity contribution in [3.05, 3.63) is 29.8 Å². The van der Waals surface area contributed by atoms with Crippen LogP contribution in [0.25, 0.3) is 0 Å². The maximum Gasteiger partial charge on any atom is 0.221 e. The highest BCUT2D eigenvalue weighted by molar-refractivity contribution is 6.03. The molecule has 0 saturated heterocycles. The number of nitrogens with one attached hydrogen (secondary N) is 2. The van der Waals surface area contributed by atoms with Gasteiger partial charge in [-0.05, 0) is 12.1 Å². The van der Waals surface area contributed by atoms with Crippen LogP contribution in [0.4, 0.5) is 5.69 Å². The van der Waals surface area contributed by atoms with Crippen molar-refractivity contribution >= 4 is 17.4 Å². The molecule has 0 aliphatic carbocycles. The number of carbonyl (C=O) groups excluding carboxylic acids is 1. The van der Waals surface area contributed by atoms with E-state index < -0.39 is 0 Å². The quantitative estimate of drug-likeness (QED) is 0.464. The molecule has 0 radical (unpaired) electrons. The average Bonchev–Trinajstić information content (AvgIpc) is 2.03. The molecule has 4 heteroatoms. The van der Waals surface area contributed by atoms with Crippen molar-refractivity contribution in [1.82, 2.24) is 0 Å². The van der Waals surface area contributed by atoms with E-state index in [2.05, 4.69) is 5.32 Å². The minimum absolute atomic E-state index is 0.0515. The Hall–Kier alpha value is -1.84. The van der Waals surface area contributed by atoms with Gasteiger partial charge in [0.05, 0.1) is 5.69 Å². The molecule has 0 unspecified atom stereocenters. The molecule has 0 spiro atoms. The number of amidine groups is 1. The lowest BCUT2D eigenvalue weighted by Crippen LogP contribution is -2.16. The van der Waals surface area contributed by atoms with Gasteiger partial charge in [0.1, 0.15) is 5.84 Å². The van der Waals surface area contributed by atoms with Crippen LogP contribution < -0.4 is 11.1 Å². The summed E-state index contributed by atoms with van der Waals surface area (Å²) in [4.78, 5) is 10.8. The van der Waals surface area contributed by atoms with Crippen LogP contribution in [0.3, 0.4) is 0 Å². The summed E-state index contributed by atoms with van der Waals surface area (Å²) in [5.74, 6) is -0.224. The number of carbonyl (C=O) groups is 1. The molecule has 4 nitrogen and oxygen atoms in total. The zero-order valence-corrected chi connectivity index (χ0v) is 7.29. The second kappa shape index (κ2) is 3.71. The van der Waals surface area contributed by atoms with Crippen LogP contribution in [0.2, 0.25) is 0 Å². The van der Waals surface area contributed by atoms with E-state index in [0.29, 0.717) is 11.3 Å². The molecule has 13 heavy (non-hydrogen) atoms. The zero-order chi connectivity index (χ0) is 9.84. The number of hydrogen-bond acceptors (Lipinski definition) is 2. The molecule has 0 saturated carbocycles. The number of amides is 1. The van der Waals surface area contributed by atoms with Crippen molar-refractivity contribution in [2.24, 2.45) is 5.73 Å². The summed E-state index contributed by atoms with van der Waals surface area (Å²) in [5.41, 5.74) is 6.43. The van der Waals surface area contributed by atoms with Gasteiger partial charge < -0.3 is 11.1 Å². The SMILES string of the molecule is CC(=O)Nc1ccccc1C(=N)N. The van der Waals surface area contributed by atoms with Crippen LogP contribution in [0, 0.1) is 5.41 Å². The van der Waals surface area contributed by atoms with Gasteiger partial charge in [0, 0.05) is 12.5 Å². The third-order valence-electron chi connectivity index (χ3n) is 1.53. The van der Waals surface area contributed by atoms with Crippen molar-refractivity contribution < 1.29 is 4.79 Å². The third-order valence-corrected chi connectivity index (χ3v) is 1.53.